The van der Waals surface area contributed by atoms with Gasteiger partial charge in [0.25, 0.3) is 0 Å². The topological polar surface area (TPSA) is 40.5 Å². The van der Waals surface area contributed by atoms with Crippen LogP contribution < -0.4 is 4.90 Å². The van der Waals surface area contributed by atoms with Gasteiger partial charge in [-0.05, 0) is 37.5 Å². The van der Waals surface area contributed by atoms with Gasteiger partial charge in [-0.2, -0.15) is 13.2 Å². The number of halogens is 3. The number of aromatic carboxylic acids is 1. The normalized spacial score (nSPS) is 19.4. The van der Waals surface area contributed by atoms with Crippen LogP contribution >= 0.6 is 0 Å². The Hall–Kier alpha value is -1.72. The van der Waals surface area contributed by atoms with Gasteiger partial charge >= 0.3 is 12.1 Å². The summed E-state index contributed by atoms with van der Waals surface area (Å²) < 4.78 is 38.0. The summed E-state index contributed by atoms with van der Waals surface area (Å²) in [5.41, 5.74) is -0.819. The standard InChI is InChI=1S/C14H16F3NO2/c1-2-10-4-3-7-18(10)12-6-5-9(14(15,16)17)8-11(12)13(19)20/h5-6,8,10H,2-4,7H2,1H3,(H,19,20). The zero-order valence-electron chi connectivity index (χ0n) is 11.1. The zero-order chi connectivity index (χ0) is 14.9. The second kappa shape index (κ2) is 5.34. The molecule has 1 heterocycles. The molecule has 0 saturated carbocycles. The van der Waals surface area contributed by atoms with E-state index < -0.39 is 17.7 Å². The van der Waals surface area contributed by atoms with Gasteiger partial charge in [-0.1, -0.05) is 6.92 Å². The zero-order valence-corrected chi connectivity index (χ0v) is 11.1. The highest BCUT2D eigenvalue weighted by molar-refractivity contribution is 5.95. The molecule has 1 aliphatic rings. The monoisotopic (exact) mass is 287 g/mol. The fraction of sp³-hybridized carbons (Fsp3) is 0.500. The molecule has 1 N–H and O–H groups in total. The number of nitrogens with zero attached hydrogens (tertiary/aromatic N) is 1. The average Bonchev–Trinajstić information content (AvgIpc) is 2.84. The Kier molecular flexibility index (Phi) is 3.92. The van der Waals surface area contributed by atoms with Crippen LogP contribution in [0.4, 0.5) is 18.9 Å². The van der Waals surface area contributed by atoms with E-state index in [1.807, 2.05) is 11.8 Å². The minimum atomic E-state index is -4.53. The number of benzene rings is 1. The molecule has 1 saturated heterocycles. The molecule has 1 aliphatic heterocycles. The third-order valence-corrected chi connectivity index (χ3v) is 3.71. The SMILES string of the molecule is CCC1CCCN1c1ccc(C(F)(F)F)cc1C(=O)O. The van der Waals surface area contributed by atoms with Crippen LogP contribution in [0.2, 0.25) is 0 Å². The molecule has 0 bridgehead atoms. The highest BCUT2D eigenvalue weighted by Crippen LogP contribution is 2.35. The largest absolute Gasteiger partial charge is 0.478 e. The molecule has 2 rings (SSSR count). The first kappa shape index (κ1) is 14.7. The summed E-state index contributed by atoms with van der Waals surface area (Å²) in [5.74, 6) is -1.33. The molecular formula is C14H16F3NO2. The van der Waals surface area contributed by atoms with E-state index in [9.17, 15) is 23.1 Å². The number of alkyl halides is 3. The maximum atomic E-state index is 12.7. The number of rotatable bonds is 3. The van der Waals surface area contributed by atoms with Crippen molar-refractivity contribution in [1.29, 1.82) is 0 Å². The van der Waals surface area contributed by atoms with Crippen LogP contribution in [0, 0.1) is 0 Å². The third-order valence-electron chi connectivity index (χ3n) is 3.71. The first-order valence-corrected chi connectivity index (χ1v) is 6.55. The lowest BCUT2D eigenvalue weighted by Crippen LogP contribution is -2.30. The molecule has 1 atom stereocenters. The molecule has 0 amide bonds. The Bertz CT molecular complexity index is 514. The number of carboxylic acid groups (broad SMARTS) is 1. The van der Waals surface area contributed by atoms with E-state index in [0.717, 1.165) is 31.4 Å². The van der Waals surface area contributed by atoms with E-state index in [-0.39, 0.29) is 11.6 Å². The van der Waals surface area contributed by atoms with E-state index in [0.29, 0.717) is 12.2 Å². The van der Waals surface area contributed by atoms with Gasteiger partial charge in [0.15, 0.2) is 0 Å². The van der Waals surface area contributed by atoms with Crippen molar-refractivity contribution in [1.82, 2.24) is 0 Å². The molecule has 1 aromatic rings. The van der Waals surface area contributed by atoms with Crippen LogP contribution in [0.15, 0.2) is 18.2 Å². The Morgan fingerprint density at radius 2 is 2.15 bits per heavy atom. The quantitative estimate of drug-likeness (QED) is 0.919. The number of hydrogen-bond acceptors (Lipinski definition) is 2. The van der Waals surface area contributed by atoms with Crippen molar-refractivity contribution in [3.05, 3.63) is 29.3 Å². The van der Waals surface area contributed by atoms with Crippen molar-refractivity contribution >= 4 is 11.7 Å². The van der Waals surface area contributed by atoms with Gasteiger partial charge in [0, 0.05) is 12.6 Å². The molecule has 1 fully saturated rings. The lowest BCUT2D eigenvalue weighted by molar-refractivity contribution is -0.137. The fourth-order valence-electron chi connectivity index (χ4n) is 2.71. The van der Waals surface area contributed by atoms with E-state index in [4.69, 9.17) is 0 Å². The highest BCUT2D eigenvalue weighted by Gasteiger charge is 2.33. The van der Waals surface area contributed by atoms with Gasteiger partial charge in [0.2, 0.25) is 0 Å². The summed E-state index contributed by atoms with van der Waals surface area (Å²) in [6.07, 6.45) is -1.81. The van der Waals surface area contributed by atoms with Crippen molar-refractivity contribution < 1.29 is 23.1 Å². The van der Waals surface area contributed by atoms with E-state index >= 15 is 0 Å². The van der Waals surface area contributed by atoms with Crippen LogP contribution in [-0.2, 0) is 6.18 Å². The maximum absolute atomic E-state index is 12.7. The summed E-state index contributed by atoms with van der Waals surface area (Å²) in [7, 11) is 0. The summed E-state index contributed by atoms with van der Waals surface area (Å²) in [4.78, 5) is 13.2. The summed E-state index contributed by atoms with van der Waals surface area (Å²) in [5, 5.41) is 9.18. The van der Waals surface area contributed by atoms with Crippen molar-refractivity contribution in [3.8, 4) is 0 Å². The lowest BCUT2D eigenvalue weighted by atomic mass is 10.1. The van der Waals surface area contributed by atoms with Crippen molar-refractivity contribution in [2.75, 3.05) is 11.4 Å². The highest BCUT2D eigenvalue weighted by atomic mass is 19.4. The Balaban J connectivity index is 2.46. The minimum absolute atomic E-state index is 0.199. The van der Waals surface area contributed by atoms with Gasteiger partial charge in [0.05, 0.1) is 16.8 Å². The average molecular weight is 287 g/mol. The van der Waals surface area contributed by atoms with E-state index in [2.05, 4.69) is 0 Å². The van der Waals surface area contributed by atoms with Crippen molar-refractivity contribution in [2.45, 2.75) is 38.4 Å². The number of carbonyl (C=O) groups is 1. The molecule has 20 heavy (non-hydrogen) atoms. The van der Waals surface area contributed by atoms with Gasteiger partial charge < -0.3 is 10.0 Å². The molecule has 6 heteroatoms. The van der Waals surface area contributed by atoms with E-state index in [1.165, 1.54) is 6.07 Å². The van der Waals surface area contributed by atoms with Crippen molar-refractivity contribution in [2.24, 2.45) is 0 Å². The number of carboxylic acids is 1. The molecule has 1 aromatic carbocycles. The maximum Gasteiger partial charge on any atom is 0.416 e. The molecule has 3 nitrogen and oxygen atoms in total. The van der Waals surface area contributed by atoms with Crippen LogP contribution in [-0.4, -0.2) is 23.7 Å². The van der Waals surface area contributed by atoms with Gasteiger partial charge in [-0.15, -0.1) is 0 Å². The second-order valence-electron chi connectivity index (χ2n) is 4.93. The van der Waals surface area contributed by atoms with Crippen LogP contribution in [0.3, 0.4) is 0 Å². The van der Waals surface area contributed by atoms with Crippen LogP contribution in [0.5, 0.6) is 0 Å². The molecular weight excluding hydrogens is 271 g/mol. The molecule has 0 radical (unpaired) electrons. The molecule has 1 unspecified atom stereocenters. The second-order valence-corrected chi connectivity index (χ2v) is 4.93. The molecule has 0 aliphatic carbocycles. The third kappa shape index (κ3) is 2.73. The predicted octanol–water partition coefficient (Wildman–Crippen LogP) is 3.78. The number of hydrogen-bond donors (Lipinski definition) is 1. The summed E-state index contributed by atoms with van der Waals surface area (Å²) in [6, 6.07) is 3.15. The Labute approximate surface area is 115 Å². The summed E-state index contributed by atoms with van der Waals surface area (Å²) in [6.45, 7) is 2.68. The van der Waals surface area contributed by atoms with Gasteiger partial charge in [-0.3, -0.25) is 0 Å². The van der Waals surface area contributed by atoms with Crippen LogP contribution in [0.25, 0.3) is 0 Å². The van der Waals surface area contributed by atoms with Crippen LogP contribution in [0.1, 0.15) is 42.1 Å². The summed E-state index contributed by atoms with van der Waals surface area (Å²) >= 11 is 0. The van der Waals surface area contributed by atoms with Gasteiger partial charge in [-0.25, -0.2) is 4.79 Å². The van der Waals surface area contributed by atoms with E-state index in [1.54, 1.807) is 0 Å². The lowest BCUT2D eigenvalue weighted by Gasteiger charge is -2.27. The van der Waals surface area contributed by atoms with Gasteiger partial charge in [0.1, 0.15) is 0 Å². The minimum Gasteiger partial charge on any atom is -0.478 e. The Morgan fingerprint density at radius 3 is 2.70 bits per heavy atom. The molecule has 0 aromatic heterocycles. The predicted molar refractivity (Wildman–Crippen MR) is 69.1 cm³/mol. The number of anilines is 1. The smallest absolute Gasteiger partial charge is 0.416 e. The fourth-order valence-corrected chi connectivity index (χ4v) is 2.71. The molecule has 0 spiro atoms. The first-order chi connectivity index (χ1) is 9.34. The Morgan fingerprint density at radius 1 is 1.45 bits per heavy atom. The first-order valence-electron chi connectivity index (χ1n) is 6.55. The van der Waals surface area contributed by atoms with Crippen molar-refractivity contribution in [3.63, 3.8) is 0 Å². The molecule has 110 valence electrons.